The van der Waals surface area contributed by atoms with Gasteiger partial charge in [0.25, 0.3) is 0 Å². The third-order valence-electron chi connectivity index (χ3n) is 0.867. The van der Waals surface area contributed by atoms with Crippen LogP contribution >= 0.6 is 11.3 Å². The van der Waals surface area contributed by atoms with Crippen LogP contribution in [0.1, 0.15) is 0 Å². The van der Waals surface area contributed by atoms with Crippen LogP contribution in [0, 0.1) is 0 Å². The summed E-state index contributed by atoms with van der Waals surface area (Å²) < 4.78 is 6.60. The summed E-state index contributed by atoms with van der Waals surface area (Å²) in [7, 11) is 1.80. The van der Waals surface area contributed by atoms with E-state index in [0.29, 0.717) is 0 Å². The molecule has 0 radical (unpaired) electrons. The average Bonchev–Trinajstić information content (AvgIpc) is 2.19. The second-order valence-corrected chi connectivity index (χ2v) is 8.65. The second kappa shape index (κ2) is 3.48. The van der Waals surface area contributed by atoms with Gasteiger partial charge in [-0.1, -0.05) is 0 Å². The monoisotopic (exact) mass is 236 g/mol. The molecule has 0 fully saturated rings. The zero-order valence-corrected chi connectivity index (χ0v) is 9.61. The molecule has 0 aliphatic heterocycles. The van der Waals surface area contributed by atoms with Crippen molar-refractivity contribution in [1.29, 1.82) is 0 Å². The van der Waals surface area contributed by atoms with Crippen molar-refractivity contribution in [3.05, 3.63) is 17.5 Å². The molecule has 0 N–H and O–H groups in total. The van der Waals surface area contributed by atoms with Crippen LogP contribution in [-0.4, -0.2) is 28.7 Å². The normalized spacial score (nSPS) is 11.1. The first-order valence-corrected chi connectivity index (χ1v) is 6.99. The van der Waals surface area contributed by atoms with E-state index in [1.165, 1.54) is 2.89 Å². The van der Waals surface area contributed by atoms with E-state index < -0.39 is 21.6 Å². The fourth-order valence-electron chi connectivity index (χ4n) is 0.537. The summed E-state index contributed by atoms with van der Waals surface area (Å²) in [6, 6.07) is 4.24. The van der Waals surface area contributed by atoms with E-state index in [-0.39, 0.29) is 0 Å². The first kappa shape index (κ1) is 6.58. The van der Waals surface area contributed by atoms with Gasteiger partial charge in [0.1, 0.15) is 0 Å². The molecule has 1 rings (SSSR count). The molecule has 0 saturated carbocycles. The molecular weight excluding hydrogens is 227 g/mol. The van der Waals surface area contributed by atoms with Gasteiger partial charge in [-0.15, -0.1) is 0 Å². The van der Waals surface area contributed by atoms with Gasteiger partial charge in [0.05, 0.1) is 0 Å². The molecule has 0 aliphatic rings. The van der Waals surface area contributed by atoms with Crippen LogP contribution < -0.4 is 2.89 Å². The summed E-state index contributed by atoms with van der Waals surface area (Å²) in [6.07, 6.45) is 0. The summed E-state index contributed by atoms with van der Waals surface area (Å²) >= 11 is 0.919. The molecule has 44 valence electrons. The Balaban J connectivity index is 2.50. The minimum absolute atomic E-state index is 0.897. The Labute approximate surface area is 63.4 Å². The molecule has 8 heavy (non-hydrogen) atoms. The molecule has 0 saturated heterocycles. The maximum absolute atomic E-state index is 5.11. The van der Waals surface area contributed by atoms with Gasteiger partial charge < -0.3 is 0 Å². The quantitative estimate of drug-likeness (QED) is 0.660. The Morgan fingerprint density at radius 2 is 2.62 bits per heavy atom. The molecule has 1 heterocycles. The van der Waals surface area contributed by atoms with Gasteiger partial charge in [-0.05, 0) is 0 Å². The predicted molar refractivity (Wildman–Crippen MR) is 39.5 cm³/mol. The topological polar surface area (TPSA) is 9.23 Å². The summed E-state index contributed by atoms with van der Waals surface area (Å²) in [4.78, 5) is 0. The molecule has 0 aromatic carbocycles. The standard InChI is InChI=1S/C4H3S.CH3O.Sn.2H/c1-2-4-5-3-1;1-2;;;/h1-3H;1H3;;;/q;-1;+1;;. The zero-order chi connectivity index (χ0) is 5.82. The third-order valence-corrected chi connectivity index (χ3v) is 6.13. The first-order valence-electron chi connectivity index (χ1n) is 2.45. The van der Waals surface area contributed by atoms with Crippen molar-refractivity contribution < 1.29 is 3.07 Å². The molecular formula is C5H8OSSn. The summed E-state index contributed by atoms with van der Waals surface area (Å²) in [5.74, 6) is 0. The van der Waals surface area contributed by atoms with Gasteiger partial charge in [0, 0.05) is 0 Å². The molecule has 0 unspecified atom stereocenters. The van der Waals surface area contributed by atoms with Gasteiger partial charge in [0.15, 0.2) is 0 Å². The fourth-order valence-corrected chi connectivity index (χ4v) is 4.77. The molecule has 0 spiro atoms. The third kappa shape index (κ3) is 1.76. The Kier molecular flexibility index (Phi) is 2.86. The van der Waals surface area contributed by atoms with Gasteiger partial charge >= 0.3 is 63.5 Å². The van der Waals surface area contributed by atoms with Crippen LogP contribution in [0.3, 0.4) is 0 Å². The molecule has 1 aromatic rings. The minimum atomic E-state index is -0.897. The maximum atomic E-state index is 5.11. The van der Waals surface area contributed by atoms with Crippen LogP contribution in [0.15, 0.2) is 17.5 Å². The summed E-state index contributed by atoms with van der Waals surface area (Å²) in [6.45, 7) is 0. The summed E-state index contributed by atoms with van der Waals surface area (Å²) in [5.41, 5.74) is 0. The number of rotatable bonds is 2. The van der Waals surface area contributed by atoms with E-state index in [4.69, 9.17) is 3.07 Å². The molecule has 0 bridgehead atoms. The number of hydrogen-bond donors (Lipinski definition) is 0. The van der Waals surface area contributed by atoms with Gasteiger partial charge in [-0.2, -0.15) is 0 Å². The SMILES string of the molecule is C[O][SnH2][c]1cccs1. The van der Waals surface area contributed by atoms with Crippen LogP contribution in [0.2, 0.25) is 0 Å². The number of thiophene rings is 1. The van der Waals surface area contributed by atoms with Crippen molar-refractivity contribution in [2.75, 3.05) is 7.11 Å². The fraction of sp³-hybridized carbons (Fsp3) is 0.200. The van der Waals surface area contributed by atoms with Crippen LogP contribution in [0.5, 0.6) is 0 Å². The Bertz CT molecular complexity index is 138. The van der Waals surface area contributed by atoms with Crippen LogP contribution in [0.25, 0.3) is 0 Å². The average molecular weight is 235 g/mol. The molecule has 0 atom stereocenters. The predicted octanol–water partition coefficient (Wildman–Crippen LogP) is 0.104. The molecule has 1 aromatic heterocycles. The van der Waals surface area contributed by atoms with E-state index in [1.54, 1.807) is 7.11 Å². The van der Waals surface area contributed by atoms with Crippen molar-refractivity contribution in [1.82, 2.24) is 0 Å². The Morgan fingerprint density at radius 3 is 3.12 bits per heavy atom. The molecule has 3 heteroatoms. The Morgan fingerprint density at radius 1 is 1.75 bits per heavy atom. The van der Waals surface area contributed by atoms with E-state index in [9.17, 15) is 0 Å². The zero-order valence-electron chi connectivity index (χ0n) is 4.76. The summed E-state index contributed by atoms with van der Waals surface area (Å²) in [5, 5.41) is 2.10. The number of hydrogen-bond acceptors (Lipinski definition) is 2. The van der Waals surface area contributed by atoms with Crippen molar-refractivity contribution >= 4 is 35.8 Å². The van der Waals surface area contributed by atoms with Crippen LogP contribution in [0.4, 0.5) is 0 Å². The Hall–Kier alpha value is 0.459. The molecule has 0 amide bonds. The van der Waals surface area contributed by atoms with E-state index in [2.05, 4.69) is 17.5 Å². The van der Waals surface area contributed by atoms with Crippen molar-refractivity contribution in [2.45, 2.75) is 0 Å². The van der Waals surface area contributed by atoms with Crippen LogP contribution in [-0.2, 0) is 3.07 Å². The second-order valence-electron chi connectivity index (χ2n) is 1.51. The van der Waals surface area contributed by atoms with Gasteiger partial charge in [-0.25, -0.2) is 0 Å². The molecule has 0 aliphatic carbocycles. The van der Waals surface area contributed by atoms with Crippen molar-refractivity contribution in [2.24, 2.45) is 0 Å². The van der Waals surface area contributed by atoms with Crippen molar-refractivity contribution in [3.8, 4) is 0 Å². The van der Waals surface area contributed by atoms with E-state index >= 15 is 0 Å². The van der Waals surface area contributed by atoms with Gasteiger partial charge in [0.2, 0.25) is 0 Å². The van der Waals surface area contributed by atoms with Crippen molar-refractivity contribution in [3.63, 3.8) is 0 Å². The first-order chi connectivity index (χ1) is 3.93. The van der Waals surface area contributed by atoms with Gasteiger partial charge in [-0.3, -0.25) is 0 Å². The van der Waals surface area contributed by atoms with E-state index in [1.807, 2.05) is 11.3 Å². The molecule has 1 nitrogen and oxygen atoms in total. The van der Waals surface area contributed by atoms with E-state index in [0.717, 1.165) is 0 Å².